The van der Waals surface area contributed by atoms with E-state index in [1.165, 1.54) is 20.0 Å². The van der Waals surface area contributed by atoms with Crippen LogP contribution in [0.2, 0.25) is 0 Å². The fourth-order valence-corrected chi connectivity index (χ4v) is 2.71. The lowest BCUT2D eigenvalue weighted by atomic mass is 10.1. The van der Waals surface area contributed by atoms with Gasteiger partial charge in [-0.2, -0.15) is 0 Å². The number of methoxy groups -OCH3 is 1. The summed E-state index contributed by atoms with van der Waals surface area (Å²) in [6.07, 6.45) is 5.08. The van der Waals surface area contributed by atoms with Crippen LogP contribution in [0.25, 0.3) is 0 Å². The Morgan fingerprint density at radius 1 is 1.14 bits per heavy atom. The lowest BCUT2D eigenvalue weighted by molar-refractivity contribution is -0.130. The zero-order valence-electron chi connectivity index (χ0n) is 13.1. The number of ether oxygens (including phenoxy) is 1. The molecule has 1 heterocycles. The first-order chi connectivity index (χ1) is 10.7. The molecule has 1 aliphatic heterocycles. The summed E-state index contributed by atoms with van der Waals surface area (Å²) in [4.78, 5) is 25.8. The van der Waals surface area contributed by atoms with Crippen LogP contribution in [0.4, 0.5) is 5.69 Å². The van der Waals surface area contributed by atoms with Crippen LogP contribution in [-0.4, -0.2) is 43.5 Å². The summed E-state index contributed by atoms with van der Waals surface area (Å²) < 4.78 is 4.76. The quantitative estimate of drug-likeness (QED) is 0.850. The molecule has 1 aromatic rings. The van der Waals surface area contributed by atoms with Gasteiger partial charge in [0.2, 0.25) is 5.91 Å². The van der Waals surface area contributed by atoms with Gasteiger partial charge in [0.1, 0.15) is 0 Å². The normalized spacial score (nSPS) is 15.0. The smallest absolute Gasteiger partial charge is 0.339 e. The maximum Gasteiger partial charge on any atom is 0.339 e. The third-order valence-electron chi connectivity index (χ3n) is 3.95. The predicted octanol–water partition coefficient (Wildman–Crippen LogP) is 2.68. The minimum atomic E-state index is -0.373. The summed E-state index contributed by atoms with van der Waals surface area (Å²) in [5, 5.41) is 3.17. The van der Waals surface area contributed by atoms with Gasteiger partial charge in [-0.15, -0.1) is 0 Å². The van der Waals surface area contributed by atoms with E-state index in [9.17, 15) is 9.59 Å². The molecule has 0 atom stereocenters. The number of esters is 1. The number of hydrogen-bond donors (Lipinski definition) is 1. The highest BCUT2D eigenvalue weighted by Crippen LogP contribution is 2.16. The monoisotopic (exact) mass is 304 g/mol. The van der Waals surface area contributed by atoms with Crippen molar-refractivity contribution in [3.05, 3.63) is 29.8 Å². The molecule has 1 aliphatic rings. The van der Waals surface area contributed by atoms with E-state index < -0.39 is 0 Å². The average molecular weight is 304 g/mol. The van der Waals surface area contributed by atoms with Crippen molar-refractivity contribution in [2.24, 2.45) is 0 Å². The van der Waals surface area contributed by atoms with Crippen LogP contribution in [0.5, 0.6) is 0 Å². The SMILES string of the molecule is COC(=O)c1ccccc1NCCC(=O)N1CCCCCC1. The molecule has 0 spiro atoms. The summed E-state index contributed by atoms with van der Waals surface area (Å²) in [6.45, 7) is 2.26. The number of para-hydroxylation sites is 1. The molecule has 0 bridgehead atoms. The molecule has 1 amide bonds. The third kappa shape index (κ3) is 4.48. The lowest BCUT2D eigenvalue weighted by Crippen LogP contribution is -2.33. The molecule has 1 fully saturated rings. The van der Waals surface area contributed by atoms with Crippen LogP contribution >= 0.6 is 0 Å². The molecule has 22 heavy (non-hydrogen) atoms. The highest BCUT2D eigenvalue weighted by atomic mass is 16.5. The maximum atomic E-state index is 12.2. The molecule has 5 heteroatoms. The second-order valence-electron chi connectivity index (χ2n) is 5.51. The second kappa shape index (κ2) is 8.41. The van der Waals surface area contributed by atoms with Crippen LogP contribution in [0.15, 0.2) is 24.3 Å². The first-order valence-corrected chi connectivity index (χ1v) is 7.91. The molecule has 1 saturated heterocycles. The van der Waals surface area contributed by atoms with Gasteiger partial charge in [0.25, 0.3) is 0 Å². The Balaban J connectivity index is 1.85. The van der Waals surface area contributed by atoms with Crippen molar-refractivity contribution in [3.8, 4) is 0 Å². The Labute approximate surface area is 131 Å². The zero-order valence-corrected chi connectivity index (χ0v) is 13.1. The Hall–Kier alpha value is -2.04. The van der Waals surface area contributed by atoms with Gasteiger partial charge < -0.3 is 15.0 Å². The Kier molecular flexibility index (Phi) is 6.25. The summed E-state index contributed by atoms with van der Waals surface area (Å²) >= 11 is 0. The summed E-state index contributed by atoms with van der Waals surface area (Å²) in [6, 6.07) is 7.18. The number of nitrogens with zero attached hydrogens (tertiary/aromatic N) is 1. The lowest BCUT2D eigenvalue weighted by Gasteiger charge is -2.20. The van der Waals surface area contributed by atoms with Crippen molar-refractivity contribution in [2.75, 3.05) is 32.1 Å². The Morgan fingerprint density at radius 3 is 2.50 bits per heavy atom. The molecule has 0 unspecified atom stereocenters. The topological polar surface area (TPSA) is 58.6 Å². The van der Waals surface area contributed by atoms with Crippen LogP contribution in [0.1, 0.15) is 42.5 Å². The molecule has 0 saturated carbocycles. The highest BCUT2D eigenvalue weighted by molar-refractivity contribution is 5.95. The summed E-state index contributed by atoms with van der Waals surface area (Å²) in [5.41, 5.74) is 1.20. The van der Waals surface area contributed by atoms with E-state index >= 15 is 0 Å². The zero-order chi connectivity index (χ0) is 15.8. The van der Waals surface area contributed by atoms with Crippen molar-refractivity contribution in [1.82, 2.24) is 4.90 Å². The minimum absolute atomic E-state index is 0.185. The Bertz CT molecular complexity index is 508. The molecular formula is C17H24N2O3. The molecule has 120 valence electrons. The highest BCUT2D eigenvalue weighted by Gasteiger charge is 2.15. The van der Waals surface area contributed by atoms with E-state index in [2.05, 4.69) is 5.32 Å². The van der Waals surface area contributed by atoms with Crippen molar-refractivity contribution in [1.29, 1.82) is 0 Å². The number of nitrogens with one attached hydrogen (secondary N) is 1. The van der Waals surface area contributed by atoms with Crippen molar-refractivity contribution >= 4 is 17.6 Å². The standard InChI is InChI=1S/C17H24N2O3/c1-22-17(21)14-8-4-5-9-15(14)18-11-10-16(20)19-12-6-2-3-7-13-19/h4-5,8-9,18H,2-3,6-7,10-13H2,1H3. The summed E-state index contributed by atoms with van der Waals surface area (Å²) in [7, 11) is 1.36. The number of carbonyl (C=O) groups is 2. The molecule has 0 aliphatic carbocycles. The van der Waals surface area contributed by atoms with E-state index in [1.54, 1.807) is 12.1 Å². The third-order valence-corrected chi connectivity index (χ3v) is 3.95. The molecule has 1 N–H and O–H groups in total. The van der Waals surface area contributed by atoms with Gasteiger partial charge in [-0.1, -0.05) is 25.0 Å². The number of amides is 1. The van der Waals surface area contributed by atoms with E-state index in [0.717, 1.165) is 25.9 Å². The minimum Gasteiger partial charge on any atom is -0.465 e. The summed E-state index contributed by atoms with van der Waals surface area (Å²) in [5.74, 6) is -0.188. The van der Waals surface area contributed by atoms with Crippen LogP contribution in [-0.2, 0) is 9.53 Å². The number of likely N-dealkylation sites (tertiary alicyclic amines) is 1. The number of hydrogen-bond acceptors (Lipinski definition) is 4. The van der Waals surface area contributed by atoms with E-state index in [0.29, 0.717) is 24.2 Å². The molecule has 0 radical (unpaired) electrons. The van der Waals surface area contributed by atoms with Gasteiger partial charge in [0, 0.05) is 31.7 Å². The van der Waals surface area contributed by atoms with Crippen molar-refractivity contribution in [2.45, 2.75) is 32.1 Å². The largest absolute Gasteiger partial charge is 0.465 e. The second-order valence-corrected chi connectivity index (χ2v) is 5.51. The maximum absolute atomic E-state index is 12.2. The number of carbonyl (C=O) groups excluding carboxylic acids is 2. The van der Waals surface area contributed by atoms with E-state index in [-0.39, 0.29) is 11.9 Å². The van der Waals surface area contributed by atoms with Gasteiger partial charge >= 0.3 is 5.97 Å². The number of rotatable bonds is 5. The average Bonchev–Trinajstić information content (AvgIpc) is 2.84. The Morgan fingerprint density at radius 2 is 1.82 bits per heavy atom. The molecule has 0 aromatic heterocycles. The molecule has 5 nitrogen and oxygen atoms in total. The van der Waals surface area contributed by atoms with Crippen molar-refractivity contribution in [3.63, 3.8) is 0 Å². The van der Waals surface area contributed by atoms with Gasteiger partial charge in [-0.25, -0.2) is 4.79 Å². The first-order valence-electron chi connectivity index (χ1n) is 7.91. The first kappa shape index (κ1) is 16.3. The van der Waals surface area contributed by atoms with Gasteiger partial charge in [0.15, 0.2) is 0 Å². The predicted molar refractivity (Wildman–Crippen MR) is 85.9 cm³/mol. The van der Waals surface area contributed by atoms with Gasteiger partial charge in [-0.05, 0) is 25.0 Å². The fraction of sp³-hybridized carbons (Fsp3) is 0.529. The molecule has 2 rings (SSSR count). The van der Waals surface area contributed by atoms with Crippen molar-refractivity contribution < 1.29 is 14.3 Å². The van der Waals surface area contributed by atoms with Gasteiger partial charge in [0.05, 0.1) is 12.7 Å². The van der Waals surface area contributed by atoms with Gasteiger partial charge in [-0.3, -0.25) is 4.79 Å². The molecule has 1 aromatic carbocycles. The molecular weight excluding hydrogens is 280 g/mol. The van der Waals surface area contributed by atoms with Crippen LogP contribution in [0, 0.1) is 0 Å². The fourth-order valence-electron chi connectivity index (χ4n) is 2.71. The van der Waals surface area contributed by atoms with Crippen LogP contribution < -0.4 is 5.32 Å². The van der Waals surface area contributed by atoms with E-state index in [1.807, 2.05) is 17.0 Å². The number of benzene rings is 1. The van der Waals surface area contributed by atoms with Crippen LogP contribution in [0.3, 0.4) is 0 Å². The van der Waals surface area contributed by atoms with E-state index in [4.69, 9.17) is 4.74 Å². The number of anilines is 1.